The fraction of sp³-hybridized carbons (Fsp3) is 0.818. The summed E-state index contributed by atoms with van der Waals surface area (Å²) in [6.07, 6.45) is 2.27. The Bertz CT molecular complexity index is 384. The Balaban J connectivity index is 1.77. The lowest BCUT2D eigenvalue weighted by Crippen LogP contribution is -2.33. The maximum absolute atomic E-state index is 5.46. The highest BCUT2D eigenvalue weighted by molar-refractivity contribution is 8.06. The molecule has 1 N–H and O–H groups in total. The Kier molecular flexibility index (Phi) is 3.36. The largest absolute Gasteiger partial charge is 0.337 e. The summed E-state index contributed by atoms with van der Waals surface area (Å²) in [6.45, 7) is 3.20. The minimum Gasteiger partial charge on any atom is -0.337 e. The van der Waals surface area contributed by atoms with Crippen molar-refractivity contribution in [2.45, 2.75) is 30.6 Å². The van der Waals surface area contributed by atoms with Gasteiger partial charge in [0.25, 0.3) is 0 Å². The lowest BCUT2D eigenvalue weighted by Gasteiger charge is -2.19. The Labute approximate surface area is 110 Å². The van der Waals surface area contributed by atoms with E-state index in [-0.39, 0.29) is 5.54 Å². The molecule has 4 nitrogen and oxygen atoms in total. The summed E-state index contributed by atoms with van der Waals surface area (Å²) >= 11 is 3.93. The first-order valence-corrected chi connectivity index (χ1v) is 8.27. The van der Waals surface area contributed by atoms with Crippen molar-refractivity contribution in [3.8, 4) is 0 Å². The van der Waals surface area contributed by atoms with Gasteiger partial charge in [0.05, 0.1) is 10.8 Å². The zero-order valence-corrected chi connectivity index (χ0v) is 11.6. The van der Waals surface area contributed by atoms with Crippen LogP contribution in [0, 0.1) is 0 Å². The van der Waals surface area contributed by atoms with Crippen molar-refractivity contribution in [3.63, 3.8) is 0 Å². The van der Waals surface area contributed by atoms with Gasteiger partial charge in [0.1, 0.15) is 0 Å². The van der Waals surface area contributed by atoms with Gasteiger partial charge in [-0.1, -0.05) is 5.16 Å². The Hall–Kier alpha value is -0.200. The molecule has 2 unspecified atom stereocenters. The first kappa shape index (κ1) is 11.9. The molecule has 6 heteroatoms. The number of aromatic nitrogens is 2. The molecule has 3 heterocycles. The predicted molar refractivity (Wildman–Crippen MR) is 71.4 cm³/mol. The topological polar surface area (TPSA) is 51.0 Å². The molecule has 2 saturated heterocycles. The summed E-state index contributed by atoms with van der Waals surface area (Å²) < 4.78 is 5.46. The first-order valence-electron chi connectivity index (χ1n) is 6.06. The number of rotatable bonds is 2. The minimum absolute atomic E-state index is 0.0995. The third-order valence-corrected chi connectivity index (χ3v) is 6.14. The molecule has 2 aliphatic heterocycles. The monoisotopic (exact) mass is 271 g/mol. The highest BCUT2D eigenvalue weighted by atomic mass is 32.2. The second-order valence-electron chi connectivity index (χ2n) is 4.75. The van der Waals surface area contributed by atoms with Crippen molar-refractivity contribution < 1.29 is 4.52 Å². The average Bonchev–Trinajstić information content (AvgIpc) is 2.99. The van der Waals surface area contributed by atoms with Gasteiger partial charge in [-0.3, -0.25) is 0 Å². The molecule has 0 bridgehead atoms. The molecule has 2 atom stereocenters. The van der Waals surface area contributed by atoms with E-state index in [9.17, 15) is 0 Å². The number of nitrogens with zero attached hydrogens (tertiary/aromatic N) is 2. The van der Waals surface area contributed by atoms with Crippen molar-refractivity contribution in [2.75, 3.05) is 23.8 Å². The molecule has 2 fully saturated rings. The molecule has 1 aromatic heterocycles. The van der Waals surface area contributed by atoms with Crippen LogP contribution in [0.2, 0.25) is 0 Å². The minimum atomic E-state index is -0.0995. The molecule has 17 heavy (non-hydrogen) atoms. The van der Waals surface area contributed by atoms with Crippen LogP contribution in [-0.4, -0.2) is 33.9 Å². The van der Waals surface area contributed by atoms with E-state index < -0.39 is 0 Å². The van der Waals surface area contributed by atoms with Crippen LogP contribution in [0.4, 0.5) is 0 Å². The van der Waals surface area contributed by atoms with Gasteiger partial charge in [-0.05, 0) is 26.3 Å². The third-order valence-electron chi connectivity index (χ3n) is 3.39. The van der Waals surface area contributed by atoms with E-state index in [1.54, 1.807) is 0 Å². The SMILES string of the molecule is CC1(c2nc(C3CSCCS3)no2)CCCN1. The molecule has 0 spiro atoms. The van der Waals surface area contributed by atoms with Crippen molar-refractivity contribution >= 4 is 23.5 Å². The molecular weight excluding hydrogens is 254 g/mol. The van der Waals surface area contributed by atoms with Crippen LogP contribution in [0.25, 0.3) is 0 Å². The number of thioether (sulfide) groups is 2. The average molecular weight is 271 g/mol. The Morgan fingerprint density at radius 3 is 3.12 bits per heavy atom. The van der Waals surface area contributed by atoms with E-state index >= 15 is 0 Å². The number of nitrogens with one attached hydrogen (secondary N) is 1. The van der Waals surface area contributed by atoms with Gasteiger partial charge in [-0.15, -0.1) is 11.8 Å². The fourth-order valence-corrected chi connectivity index (χ4v) is 4.89. The quantitative estimate of drug-likeness (QED) is 0.890. The van der Waals surface area contributed by atoms with Crippen molar-refractivity contribution in [1.29, 1.82) is 0 Å². The van der Waals surface area contributed by atoms with Gasteiger partial charge in [0.2, 0.25) is 5.89 Å². The smallest absolute Gasteiger partial charge is 0.246 e. The third kappa shape index (κ3) is 2.35. The highest BCUT2D eigenvalue weighted by Gasteiger charge is 2.36. The van der Waals surface area contributed by atoms with Crippen molar-refractivity contribution in [3.05, 3.63) is 11.7 Å². The number of hydrogen-bond donors (Lipinski definition) is 1. The standard InChI is InChI=1S/C11H17N3OS2/c1-11(3-2-4-12-11)10-13-9(14-15-10)8-7-16-5-6-17-8/h8,12H,2-7H2,1H3. The summed E-state index contributed by atoms with van der Waals surface area (Å²) in [7, 11) is 0. The molecule has 2 aliphatic rings. The van der Waals surface area contributed by atoms with Gasteiger partial charge >= 0.3 is 0 Å². The van der Waals surface area contributed by atoms with Gasteiger partial charge in [-0.2, -0.15) is 16.7 Å². The van der Waals surface area contributed by atoms with Crippen LogP contribution < -0.4 is 5.32 Å². The van der Waals surface area contributed by atoms with Gasteiger partial charge in [-0.25, -0.2) is 0 Å². The lowest BCUT2D eigenvalue weighted by atomic mass is 10.0. The molecule has 0 amide bonds. The molecule has 0 radical (unpaired) electrons. The van der Waals surface area contributed by atoms with Gasteiger partial charge < -0.3 is 9.84 Å². The second-order valence-corrected chi connectivity index (χ2v) is 7.21. The second kappa shape index (κ2) is 4.82. The molecule has 0 aliphatic carbocycles. The lowest BCUT2D eigenvalue weighted by molar-refractivity contribution is 0.274. The van der Waals surface area contributed by atoms with Crippen molar-refractivity contribution in [2.24, 2.45) is 0 Å². The van der Waals surface area contributed by atoms with Crippen molar-refractivity contribution in [1.82, 2.24) is 15.5 Å². The molecular formula is C11H17N3OS2. The van der Waals surface area contributed by atoms with Crippen LogP contribution in [-0.2, 0) is 5.54 Å². The van der Waals surface area contributed by atoms with E-state index in [2.05, 4.69) is 22.4 Å². The molecule has 0 saturated carbocycles. The maximum Gasteiger partial charge on any atom is 0.246 e. The zero-order valence-electron chi connectivity index (χ0n) is 9.94. The van der Waals surface area contributed by atoms with E-state index in [1.165, 1.54) is 17.9 Å². The number of hydrogen-bond acceptors (Lipinski definition) is 6. The Morgan fingerprint density at radius 2 is 2.41 bits per heavy atom. The van der Waals surface area contributed by atoms with E-state index in [0.717, 1.165) is 30.4 Å². The van der Waals surface area contributed by atoms with Crippen LogP contribution in [0.3, 0.4) is 0 Å². The molecule has 1 aromatic rings. The summed E-state index contributed by atoms with van der Waals surface area (Å²) in [5, 5.41) is 8.04. The fourth-order valence-electron chi connectivity index (χ4n) is 2.30. The molecule has 3 rings (SSSR count). The Morgan fingerprint density at radius 1 is 1.47 bits per heavy atom. The maximum atomic E-state index is 5.46. The van der Waals surface area contributed by atoms with E-state index in [4.69, 9.17) is 4.52 Å². The van der Waals surface area contributed by atoms with Crippen LogP contribution >= 0.6 is 23.5 Å². The van der Waals surface area contributed by atoms with Crippen LogP contribution in [0.15, 0.2) is 4.52 Å². The summed E-state index contributed by atoms with van der Waals surface area (Å²) in [6, 6.07) is 0. The predicted octanol–water partition coefficient (Wildman–Crippen LogP) is 2.19. The summed E-state index contributed by atoms with van der Waals surface area (Å²) in [5.74, 6) is 5.18. The normalized spacial score (nSPS) is 34.1. The van der Waals surface area contributed by atoms with Crippen LogP contribution in [0.5, 0.6) is 0 Å². The first-order chi connectivity index (χ1) is 8.28. The summed E-state index contributed by atoms with van der Waals surface area (Å²) in [4.78, 5) is 4.61. The molecule has 94 valence electrons. The zero-order chi connectivity index (χ0) is 11.7. The van der Waals surface area contributed by atoms with E-state index in [0.29, 0.717) is 5.25 Å². The summed E-state index contributed by atoms with van der Waals surface area (Å²) in [5.41, 5.74) is -0.0995. The van der Waals surface area contributed by atoms with Crippen LogP contribution in [0.1, 0.15) is 36.7 Å². The van der Waals surface area contributed by atoms with Gasteiger partial charge in [0, 0.05) is 17.3 Å². The highest BCUT2D eigenvalue weighted by Crippen LogP contribution is 2.36. The van der Waals surface area contributed by atoms with Gasteiger partial charge in [0.15, 0.2) is 5.82 Å². The molecule has 0 aromatic carbocycles. The van der Waals surface area contributed by atoms with E-state index in [1.807, 2.05) is 23.5 Å².